The maximum absolute atomic E-state index is 10.2. The van der Waals surface area contributed by atoms with E-state index in [2.05, 4.69) is 17.5 Å². The van der Waals surface area contributed by atoms with Crippen LogP contribution in [0.5, 0.6) is 0 Å². The van der Waals surface area contributed by atoms with Crippen molar-refractivity contribution in [2.45, 2.75) is 37.7 Å². The second-order valence-electron chi connectivity index (χ2n) is 4.02. The van der Waals surface area contributed by atoms with Gasteiger partial charge in [-0.25, -0.2) is 0 Å². The Hall–Kier alpha value is -1.38. The summed E-state index contributed by atoms with van der Waals surface area (Å²) in [5, 5.41) is 2.59. The Morgan fingerprint density at radius 3 is 2.60 bits per heavy atom. The molecule has 3 heteroatoms. The summed E-state index contributed by atoms with van der Waals surface area (Å²) in [4.78, 5) is 15.1. The van der Waals surface area contributed by atoms with Crippen LogP contribution in [-0.2, 0) is 4.84 Å². The summed E-state index contributed by atoms with van der Waals surface area (Å²) in [7, 11) is 0. The average molecular weight is 205 g/mol. The van der Waals surface area contributed by atoms with Crippen molar-refractivity contribution in [1.82, 2.24) is 0 Å². The molecule has 15 heavy (non-hydrogen) atoms. The van der Waals surface area contributed by atoms with Gasteiger partial charge in [0, 0.05) is 5.92 Å². The van der Waals surface area contributed by atoms with Crippen molar-refractivity contribution in [1.29, 1.82) is 0 Å². The highest BCUT2D eigenvalue weighted by molar-refractivity contribution is 5.21. The van der Waals surface area contributed by atoms with Crippen molar-refractivity contribution in [3.8, 4) is 0 Å². The molecule has 0 bridgehead atoms. The molecule has 2 atom stereocenters. The Morgan fingerprint density at radius 1 is 1.13 bits per heavy atom. The quantitative estimate of drug-likeness (QED) is 0.560. The first-order valence-corrected chi connectivity index (χ1v) is 5.45. The van der Waals surface area contributed by atoms with E-state index < -0.39 is 0 Å². The average Bonchev–Trinajstić information content (AvgIpc) is 2.31. The van der Waals surface area contributed by atoms with Crippen molar-refractivity contribution in [3.05, 3.63) is 40.8 Å². The summed E-state index contributed by atoms with van der Waals surface area (Å²) in [6.45, 7) is 0. The minimum atomic E-state index is -0.0290. The summed E-state index contributed by atoms with van der Waals surface area (Å²) in [6, 6.07) is 10.2. The standard InChI is InChI=1S/C12H15NO2/c14-13-15-12-9-5-4-8-11(12)10-6-2-1-3-7-10/h1-3,6-7,11-12H,4-5,8-9H2. The van der Waals surface area contributed by atoms with Crippen molar-refractivity contribution >= 4 is 0 Å². The van der Waals surface area contributed by atoms with Crippen LogP contribution in [0.1, 0.15) is 37.2 Å². The molecule has 0 spiro atoms. The van der Waals surface area contributed by atoms with Gasteiger partial charge in [-0.2, -0.15) is 0 Å². The first-order chi connectivity index (χ1) is 7.42. The Kier molecular flexibility index (Phi) is 3.33. The summed E-state index contributed by atoms with van der Waals surface area (Å²) < 4.78 is 0. The molecule has 1 aliphatic carbocycles. The number of benzene rings is 1. The maximum Gasteiger partial charge on any atom is 0.155 e. The summed E-state index contributed by atoms with van der Waals surface area (Å²) in [5.74, 6) is 0.331. The van der Waals surface area contributed by atoms with Gasteiger partial charge < -0.3 is 4.84 Å². The SMILES string of the molecule is O=NOC1CCCCC1c1ccccc1. The van der Waals surface area contributed by atoms with E-state index >= 15 is 0 Å². The molecular weight excluding hydrogens is 190 g/mol. The second-order valence-corrected chi connectivity index (χ2v) is 4.02. The van der Waals surface area contributed by atoms with Crippen molar-refractivity contribution in [2.75, 3.05) is 0 Å². The molecule has 0 radical (unpaired) electrons. The molecule has 1 fully saturated rings. The molecule has 2 unspecified atom stereocenters. The van der Waals surface area contributed by atoms with Gasteiger partial charge in [0.2, 0.25) is 0 Å². The van der Waals surface area contributed by atoms with Crippen LogP contribution in [0.4, 0.5) is 0 Å². The highest BCUT2D eigenvalue weighted by Gasteiger charge is 2.28. The molecule has 2 rings (SSSR count). The van der Waals surface area contributed by atoms with Crippen LogP contribution in [0, 0.1) is 4.91 Å². The van der Waals surface area contributed by atoms with Crippen LogP contribution in [0.25, 0.3) is 0 Å². The van der Waals surface area contributed by atoms with Gasteiger partial charge in [0.15, 0.2) is 5.34 Å². The zero-order valence-corrected chi connectivity index (χ0v) is 8.63. The minimum absolute atomic E-state index is 0.0290. The predicted octanol–water partition coefficient (Wildman–Crippen LogP) is 3.41. The molecule has 0 heterocycles. The third-order valence-corrected chi connectivity index (χ3v) is 3.11. The molecule has 1 aromatic rings. The van der Waals surface area contributed by atoms with E-state index in [0.29, 0.717) is 5.92 Å². The molecule has 0 amide bonds. The Labute approximate surface area is 89.4 Å². The van der Waals surface area contributed by atoms with Gasteiger partial charge >= 0.3 is 0 Å². The fourth-order valence-electron chi connectivity index (χ4n) is 2.36. The van der Waals surface area contributed by atoms with Gasteiger partial charge in [-0.3, -0.25) is 0 Å². The minimum Gasteiger partial charge on any atom is -0.360 e. The van der Waals surface area contributed by atoms with Crippen LogP contribution in [0.3, 0.4) is 0 Å². The molecule has 0 N–H and O–H groups in total. The smallest absolute Gasteiger partial charge is 0.155 e. The van der Waals surface area contributed by atoms with Crippen LogP contribution in [0.15, 0.2) is 35.7 Å². The first-order valence-electron chi connectivity index (χ1n) is 5.45. The predicted molar refractivity (Wildman–Crippen MR) is 58.3 cm³/mol. The third kappa shape index (κ3) is 2.35. The summed E-state index contributed by atoms with van der Waals surface area (Å²) in [5.41, 5.74) is 1.26. The van der Waals surface area contributed by atoms with Crippen molar-refractivity contribution in [3.63, 3.8) is 0 Å². The fraction of sp³-hybridized carbons (Fsp3) is 0.500. The van der Waals surface area contributed by atoms with Gasteiger partial charge in [-0.05, 0) is 24.8 Å². The van der Waals surface area contributed by atoms with Crippen LogP contribution in [0.2, 0.25) is 0 Å². The third-order valence-electron chi connectivity index (χ3n) is 3.11. The molecular formula is C12H15NO2. The van der Waals surface area contributed by atoms with Gasteiger partial charge in [0.25, 0.3) is 0 Å². The fourth-order valence-corrected chi connectivity index (χ4v) is 2.36. The maximum atomic E-state index is 10.2. The van der Waals surface area contributed by atoms with Gasteiger partial charge in [0.1, 0.15) is 6.10 Å². The van der Waals surface area contributed by atoms with Crippen LogP contribution in [-0.4, -0.2) is 6.10 Å². The highest BCUT2D eigenvalue weighted by Crippen LogP contribution is 2.34. The lowest BCUT2D eigenvalue weighted by Gasteiger charge is -2.28. The van der Waals surface area contributed by atoms with Crippen LogP contribution >= 0.6 is 0 Å². The number of hydrogen-bond acceptors (Lipinski definition) is 3. The molecule has 1 saturated carbocycles. The Morgan fingerprint density at radius 2 is 1.87 bits per heavy atom. The van der Waals surface area contributed by atoms with Gasteiger partial charge in [0.05, 0.1) is 0 Å². The van der Waals surface area contributed by atoms with E-state index in [-0.39, 0.29) is 6.10 Å². The molecule has 0 saturated heterocycles. The van der Waals surface area contributed by atoms with E-state index in [1.165, 1.54) is 12.0 Å². The Bertz CT molecular complexity index is 313. The number of rotatable bonds is 3. The van der Waals surface area contributed by atoms with E-state index in [9.17, 15) is 4.91 Å². The molecule has 1 aromatic carbocycles. The molecule has 3 nitrogen and oxygen atoms in total. The lowest BCUT2D eigenvalue weighted by molar-refractivity contribution is 0.0139. The van der Waals surface area contributed by atoms with Crippen molar-refractivity contribution < 1.29 is 4.84 Å². The highest BCUT2D eigenvalue weighted by atomic mass is 16.7. The van der Waals surface area contributed by atoms with Gasteiger partial charge in [-0.1, -0.05) is 36.8 Å². The zero-order chi connectivity index (χ0) is 10.5. The largest absolute Gasteiger partial charge is 0.360 e. The number of nitrogens with zero attached hydrogens (tertiary/aromatic N) is 1. The van der Waals surface area contributed by atoms with Crippen molar-refractivity contribution in [2.24, 2.45) is 5.34 Å². The van der Waals surface area contributed by atoms with Crippen LogP contribution < -0.4 is 0 Å². The lowest BCUT2D eigenvalue weighted by atomic mass is 9.82. The van der Waals surface area contributed by atoms with E-state index in [1.54, 1.807) is 0 Å². The summed E-state index contributed by atoms with van der Waals surface area (Å²) in [6.07, 6.45) is 4.33. The van der Waals surface area contributed by atoms with Gasteiger partial charge in [-0.15, -0.1) is 4.91 Å². The van der Waals surface area contributed by atoms with E-state index in [0.717, 1.165) is 19.3 Å². The topological polar surface area (TPSA) is 38.7 Å². The second kappa shape index (κ2) is 4.91. The zero-order valence-electron chi connectivity index (χ0n) is 8.63. The Balaban J connectivity index is 2.14. The lowest BCUT2D eigenvalue weighted by Crippen LogP contribution is -2.24. The first kappa shape index (κ1) is 10.1. The molecule has 0 aromatic heterocycles. The normalized spacial score (nSPS) is 25.9. The molecule has 80 valence electrons. The molecule has 0 aliphatic heterocycles. The van der Waals surface area contributed by atoms with E-state index in [1.807, 2.05) is 18.2 Å². The monoisotopic (exact) mass is 205 g/mol. The van der Waals surface area contributed by atoms with E-state index in [4.69, 9.17) is 4.84 Å². The number of hydrogen-bond donors (Lipinski definition) is 0. The molecule has 1 aliphatic rings. The summed E-state index contributed by atoms with van der Waals surface area (Å²) >= 11 is 0.